The lowest BCUT2D eigenvalue weighted by atomic mass is 9.86. The number of ether oxygens (including phenoxy) is 1. The molecule has 98 valence electrons. The Kier molecular flexibility index (Phi) is 3.84. The number of aldehydes is 1. The van der Waals surface area contributed by atoms with E-state index in [1.165, 1.54) is 0 Å². The average Bonchev–Trinajstić information content (AvgIpc) is 2.53. The number of amides is 1. The molecule has 0 N–H and O–H groups in total. The molecule has 0 unspecified atom stereocenters. The maximum Gasteiger partial charge on any atom is 0.411 e. The maximum absolute atomic E-state index is 12.0. The monoisotopic (exact) mass is 241 g/mol. The second-order valence-electron chi connectivity index (χ2n) is 5.87. The summed E-state index contributed by atoms with van der Waals surface area (Å²) in [5.74, 6) is 0.229. The van der Waals surface area contributed by atoms with Gasteiger partial charge in [-0.15, -0.1) is 0 Å². The summed E-state index contributed by atoms with van der Waals surface area (Å²) in [4.78, 5) is 24.9. The van der Waals surface area contributed by atoms with E-state index in [4.69, 9.17) is 4.74 Å². The summed E-state index contributed by atoms with van der Waals surface area (Å²) in [5, 5.41) is 0. The zero-order valence-corrected chi connectivity index (χ0v) is 11.4. The van der Waals surface area contributed by atoms with E-state index in [-0.39, 0.29) is 12.0 Å². The van der Waals surface area contributed by atoms with Gasteiger partial charge < -0.3 is 9.53 Å². The number of rotatable bonds is 2. The number of hydrogen-bond donors (Lipinski definition) is 0. The van der Waals surface area contributed by atoms with Crippen molar-refractivity contribution in [2.75, 3.05) is 6.54 Å². The molecule has 2 atom stereocenters. The molecule has 1 fully saturated rings. The number of carbonyl (C=O) groups excluding carboxylic acids is 2. The van der Waals surface area contributed by atoms with Crippen LogP contribution >= 0.6 is 0 Å². The van der Waals surface area contributed by atoms with Crippen LogP contribution in [0.25, 0.3) is 0 Å². The minimum absolute atomic E-state index is 0.229. The molecule has 1 saturated heterocycles. The van der Waals surface area contributed by atoms with E-state index in [1.54, 1.807) is 4.90 Å². The second-order valence-corrected chi connectivity index (χ2v) is 5.87. The van der Waals surface area contributed by atoms with Gasteiger partial charge in [0.1, 0.15) is 17.4 Å². The SMILES string of the molecule is CC[C@H]1CCN(C(=O)OC(C)(C)C)[C@]1(C)C=O. The number of likely N-dealkylation sites (tertiary alicyclic amines) is 1. The van der Waals surface area contributed by atoms with Crippen LogP contribution in [0.1, 0.15) is 47.5 Å². The molecule has 4 heteroatoms. The first-order chi connectivity index (χ1) is 7.74. The van der Waals surface area contributed by atoms with Gasteiger partial charge in [-0.05, 0) is 40.0 Å². The van der Waals surface area contributed by atoms with Gasteiger partial charge >= 0.3 is 6.09 Å². The van der Waals surface area contributed by atoms with Crippen LogP contribution in [0.3, 0.4) is 0 Å². The van der Waals surface area contributed by atoms with Gasteiger partial charge in [0, 0.05) is 6.54 Å². The largest absolute Gasteiger partial charge is 0.444 e. The molecule has 1 aliphatic rings. The minimum atomic E-state index is -0.711. The lowest BCUT2D eigenvalue weighted by Crippen LogP contribution is -2.51. The number of hydrogen-bond acceptors (Lipinski definition) is 3. The molecule has 0 bridgehead atoms. The van der Waals surface area contributed by atoms with Crippen LogP contribution in [0, 0.1) is 5.92 Å². The Bertz CT molecular complexity index is 308. The van der Waals surface area contributed by atoms with Gasteiger partial charge in [0.25, 0.3) is 0 Å². The molecule has 0 aliphatic carbocycles. The van der Waals surface area contributed by atoms with Crippen LogP contribution in [-0.4, -0.2) is 35.0 Å². The highest BCUT2D eigenvalue weighted by Crippen LogP contribution is 2.36. The van der Waals surface area contributed by atoms with Crippen LogP contribution in [0.5, 0.6) is 0 Å². The number of nitrogens with zero attached hydrogens (tertiary/aromatic N) is 1. The Morgan fingerprint density at radius 3 is 2.53 bits per heavy atom. The van der Waals surface area contributed by atoms with Gasteiger partial charge in [-0.2, -0.15) is 0 Å². The summed E-state index contributed by atoms with van der Waals surface area (Å²) >= 11 is 0. The van der Waals surface area contributed by atoms with Crippen LogP contribution in [-0.2, 0) is 9.53 Å². The van der Waals surface area contributed by atoms with Gasteiger partial charge in [0.2, 0.25) is 0 Å². The quantitative estimate of drug-likeness (QED) is 0.698. The molecule has 0 aromatic carbocycles. The van der Waals surface area contributed by atoms with Crippen molar-refractivity contribution < 1.29 is 14.3 Å². The first-order valence-corrected chi connectivity index (χ1v) is 6.21. The fourth-order valence-corrected chi connectivity index (χ4v) is 2.42. The Balaban J connectivity index is 2.85. The summed E-state index contributed by atoms with van der Waals surface area (Å²) in [7, 11) is 0. The van der Waals surface area contributed by atoms with Crippen molar-refractivity contribution >= 4 is 12.4 Å². The normalized spacial score (nSPS) is 29.2. The first kappa shape index (κ1) is 14.0. The molecule has 0 radical (unpaired) electrons. The van der Waals surface area contributed by atoms with E-state index in [9.17, 15) is 9.59 Å². The van der Waals surface area contributed by atoms with Crippen LogP contribution in [0.4, 0.5) is 4.79 Å². The Labute approximate surface area is 103 Å². The molecule has 1 heterocycles. The second kappa shape index (κ2) is 4.67. The van der Waals surface area contributed by atoms with Crippen molar-refractivity contribution in [2.45, 2.75) is 58.6 Å². The van der Waals surface area contributed by atoms with Crippen molar-refractivity contribution in [1.82, 2.24) is 4.90 Å². The molecular weight excluding hydrogens is 218 g/mol. The lowest BCUT2D eigenvalue weighted by Gasteiger charge is -2.35. The Hall–Kier alpha value is -1.06. The molecular formula is C13H23NO3. The Morgan fingerprint density at radius 2 is 2.12 bits per heavy atom. The van der Waals surface area contributed by atoms with E-state index in [0.717, 1.165) is 19.1 Å². The zero-order valence-electron chi connectivity index (χ0n) is 11.4. The van der Waals surface area contributed by atoms with Crippen molar-refractivity contribution in [1.29, 1.82) is 0 Å². The molecule has 1 aliphatic heterocycles. The van der Waals surface area contributed by atoms with Crippen molar-refractivity contribution in [3.05, 3.63) is 0 Å². The smallest absolute Gasteiger partial charge is 0.411 e. The predicted molar refractivity (Wildman–Crippen MR) is 65.8 cm³/mol. The van der Waals surface area contributed by atoms with E-state index in [0.29, 0.717) is 6.54 Å². The summed E-state index contributed by atoms with van der Waals surface area (Å²) in [5.41, 5.74) is -1.23. The first-order valence-electron chi connectivity index (χ1n) is 6.21. The predicted octanol–water partition coefficient (Wildman–Crippen LogP) is 2.61. The van der Waals surface area contributed by atoms with E-state index in [1.807, 2.05) is 34.6 Å². The van der Waals surface area contributed by atoms with Crippen molar-refractivity contribution in [3.8, 4) is 0 Å². The van der Waals surface area contributed by atoms with Crippen molar-refractivity contribution in [3.63, 3.8) is 0 Å². The molecule has 0 aromatic rings. The minimum Gasteiger partial charge on any atom is -0.444 e. The van der Waals surface area contributed by atoms with Gasteiger partial charge in [-0.25, -0.2) is 4.79 Å². The molecule has 4 nitrogen and oxygen atoms in total. The molecule has 1 amide bonds. The molecule has 1 rings (SSSR count). The summed E-state index contributed by atoms with van der Waals surface area (Å²) < 4.78 is 5.34. The maximum atomic E-state index is 12.0. The third-order valence-electron chi connectivity index (χ3n) is 3.45. The highest BCUT2D eigenvalue weighted by atomic mass is 16.6. The third-order valence-corrected chi connectivity index (χ3v) is 3.45. The standard InChI is InChI=1S/C13H23NO3/c1-6-10-7-8-14(13(10,5)9-15)11(16)17-12(2,3)4/h9-10H,6-8H2,1-5H3/t10-,13+/m0/s1. The number of carbonyl (C=O) groups is 2. The molecule has 0 saturated carbocycles. The molecule has 0 spiro atoms. The van der Waals surface area contributed by atoms with Crippen LogP contribution < -0.4 is 0 Å². The van der Waals surface area contributed by atoms with Gasteiger partial charge in [0.05, 0.1) is 0 Å². The lowest BCUT2D eigenvalue weighted by molar-refractivity contribution is -0.118. The summed E-state index contributed by atoms with van der Waals surface area (Å²) in [6.07, 6.45) is 2.26. The fraction of sp³-hybridized carbons (Fsp3) is 0.846. The highest BCUT2D eigenvalue weighted by Gasteiger charge is 2.47. The fourth-order valence-electron chi connectivity index (χ4n) is 2.42. The van der Waals surface area contributed by atoms with E-state index >= 15 is 0 Å². The van der Waals surface area contributed by atoms with Crippen LogP contribution in [0.2, 0.25) is 0 Å². The van der Waals surface area contributed by atoms with Gasteiger partial charge in [0.15, 0.2) is 0 Å². The topological polar surface area (TPSA) is 46.6 Å². The van der Waals surface area contributed by atoms with Crippen LogP contribution in [0.15, 0.2) is 0 Å². The Morgan fingerprint density at radius 1 is 1.53 bits per heavy atom. The van der Waals surface area contributed by atoms with Gasteiger partial charge in [-0.1, -0.05) is 13.3 Å². The zero-order chi connectivity index (χ0) is 13.3. The summed E-state index contributed by atoms with van der Waals surface area (Å²) in [6.45, 7) is 9.96. The average molecular weight is 241 g/mol. The van der Waals surface area contributed by atoms with E-state index < -0.39 is 11.1 Å². The highest BCUT2D eigenvalue weighted by molar-refractivity contribution is 5.77. The van der Waals surface area contributed by atoms with E-state index in [2.05, 4.69) is 0 Å². The molecule has 0 aromatic heterocycles. The molecule has 17 heavy (non-hydrogen) atoms. The summed E-state index contributed by atoms with van der Waals surface area (Å²) in [6, 6.07) is 0. The third kappa shape index (κ3) is 2.79. The van der Waals surface area contributed by atoms with Gasteiger partial charge in [-0.3, -0.25) is 4.90 Å². The van der Waals surface area contributed by atoms with Crippen molar-refractivity contribution in [2.24, 2.45) is 5.92 Å².